The fraction of sp³-hybridized carbons (Fsp3) is 0.429. The Labute approximate surface area is 122 Å². The van der Waals surface area contributed by atoms with Crippen molar-refractivity contribution in [1.82, 2.24) is 5.32 Å². The molecule has 0 saturated carbocycles. The van der Waals surface area contributed by atoms with Gasteiger partial charge in [-0.3, -0.25) is 9.69 Å². The zero-order chi connectivity index (χ0) is 14.8. The van der Waals surface area contributed by atoms with E-state index in [0.717, 1.165) is 11.4 Å². The summed E-state index contributed by atoms with van der Waals surface area (Å²) >= 11 is 0. The minimum absolute atomic E-state index is 0.0157. The Morgan fingerprint density at radius 3 is 2.43 bits per heavy atom. The summed E-state index contributed by atoms with van der Waals surface area (Å²) in [5, 5.41) is 2.82. The number of morpholine rings is 1. The minimum atomic E-state index is -0.138. The van der Waals surface area contributed by atoms with Gasteiger partial charge in [0.15, 0.2) is 0 Å². The van der Waals surface area contributed by atoms with Gasteiger partial charge in [0.05, 0.1) is 12.6 Å². The number of hydrogen-bond donors (Lipinski definition) is 2. The molecule has 0 radical (unpaired) electrons. The van der Waals surface area contributed by atoms with Crippen molar-refractivity contribution in [3.8, 4) is 0 Å². The van der Waals surface area contributed by atoms with Crippen LogP contribution in [0, 0.1) is 0 Å². The van der Waals surface area contributed by atoms with Gasteiger partial charge in [0.1, 0.15) is 6.61 Å². The maximum atomic E-state index is 11.9. The van der Waals surface area contributed by atoms with E-state index >= 15 is 0 Å². The van der Waals surface area contributed by atoms with Crippen LogP contribution in [-0.2, 0) is 9.53 Å². The van der Waals surface area contributed by atoms with E-state index in [1.807, 2.05) is 24.3 Å². The maximum Gasteiger partial charge on any atom is 0.322 e. The molecular weight excluding hydrogens is 272 g/mol. The van der Waals surface area contributed by atoms with E-state index in [1.165, 1.54) is 0 Å². The van der Waals surface area contributed by atoms with Gasteiger partial charge in [0, 0.05) is 31.0 Å². The molecular formula is C14H18N4O3. The summed E-state index contributed by atoms with van der Waals surface area (Å²) in [5.74, 6) is -0.0453. The van der Waals surface area contributed by atoms with Crippen molar-refractivity contribution in [2.75, 3.05) is 42.6 Å². The molecule has 1 aromatic carbocycles. The van der Waals surface area contributed by atoms with Gasteiger partial charge < -0.3 is 20.7 Å². The Hall–Kier alpha value is -2.12. The van der Waals surface area contributed by atoms with Gasteiger partial charge in [-0.15, -0.1) is 0 Å². The molecule has 3 N–H and O–H groups in total. The summed E-state index contributed by atoms with van der Waals surface area (Å²) in [6.07, 6.45) is 0. The number of amides is 3. The fourth-order valence-corrected chi connectivity index (χ4v) is 2.56. The van der Waals surface area contributed by atoms with Crippen molar-refractivity contribution in [3.63, 3.8) is 0 Å². The summed E-state index contributed by atoms with van der Waals surface area (Å²) in [4.78, 5) is 27.0. The third-order valence-electron chi connectivity index (χ3n) is 3.72. The molecule has 2 aliphatic heterocycles. The number of urea groups is 1. The highest BCUT2D eigenvalue weighted by molar-refractivity contribution is 5.97. The van der Waals surface area contributed by atoms with Crippen LogP contribution < -0.4 is 20.9 Å². The number of nitrogens with one attached hydrogen (secondary N) is 1. The number of hydrogen-bond acceptors (Lipinski definition) is 4. The number of ether oxygens (including phenoxy) is 1. The smallest absolute Gasteiger partial charge is 0.322 e. The number of carbonyl (C=O) groups is 2. The second-order valence-corrected chi connectivity index (χ2v) is 5.11. The zero-order valence-electron chi connectivity index (χ0n) is 11.6. The molecule has 21 heavy (non-hydrogen) atoms. The van der Waals surface area contributed by atoms with Gasteiger partial charge in [-0.05, 0) is 24.3 Å². The van der Waals surface area contributed by atoms with Crippen LogP contribution in [0.5, 0.6) is 0 Å². The molecule has 0 aromatic heterocycles. The van der Waals surface area contributed by atoms with E-state index in [-0.39, 0.29) is 24.6 Å². The first kappa shape index (κ1) is 13.8. The first-order chi connectivity index (χ1) is 10.2. The maximum absolute atomic E-state index is 11.9. The Morgan fingerprint density at radius 2 is 1.86 bits per heavy atom. The Balaban J connectivity index is 1.75. The van der Waals surface area contributed by atoms with E-state index in [9.17, 15) is 9.59 Å². The van der Waals surface area contributed by atoms with Crippen LogP contribution in [-0.4, -0.2) is 50.8 Å². The van der Waals surface area contributed by atoms with Crippen LogP contribution in [0.25, 0.3) is 0 Å². The van der Waals surface area contributed by atoms with Crippen molar-refractivity contribution in [2.45, 2.75) is 6.04 Å². The fourth-order valence-electron chi connectivity index (χ4n) is 2.56. The van der Waals surface area contributed by atoms with Crippen LogP contribution in [0.3, 0.4) is 0 Å². The third-order valence-corrected chi connectivity index (χ3v) is 3.72. The van der Waals surface area contributed by atoms with Gasteiger partial charge in [0.2, 0.25) is 0 Å². The Bertz CT molecular complexity index is 546. The summed E-state index contributed by atoms with van der Waals surface area (Å²) in [6.45, 7) is 2.19. The normalized spacial score (nSPS) is 22.6. The molecule has 7 heteroatoms. The monoisotopic (exact) mass is 290 g/mol. The van der Waals surface area contributed by atoms with Gasteiger partial charge in [-0.25, -0.2) is 4.79 Å². The molecule has 0 aliphatic carbocycles. The molecule has 7 nitrogen and oxygen atoms in total. The second kappa shape index (κ2) is 5.71. The molecule has 0 bridgehead atoms. The quantitative estimate of drug-likeness (QED) is 0.814. The predicted octanol–water partition coefficient (Wildman–Crippen LogP) is -0.0933. The lowest BCUT2D eigenvalue weighted by Crippen LogP contribution is -2.41. The number of nitrogens with two attached hydrogens (primary N) is 1. The van der Waals surface area contributed by atoms with Crippen molar-refractivity contribution < 1.29 is 14.3 Å². The van der Waals surface area contributed by atoms with Crippen LogP contribution in [0.1, 0.15) is 0 Å². The number of nitrogens with zero attached hydrogens (tertiary/aromatic N) is 2. The van der Waals surface area contributed by atoms with Crippen LogP contribution in [0.2, 0.25) is 0 Å². The van der Waals surface area contributed by atoms with Crippen LogP contribution in [0.15, 0.2) is 24.3 Å². The molecule has 1 atom stereocenters. The van der Waals surface area contributed by atoms with E-state index in [2.05, 4.69) is 5.32 Å². The molecule has 3 rings (SSSR count). The average Bonchev–Trinajstić information content (AvgIpc) is 2.89. The molecule has 2 aliphatic rings. The number of rotatable bonds is 3. The number of carbonyl (C=O) groups excluding carboxylic acids is 2. The van der Waals surface area contributed by atoms with Crippen molar-refractivity contribution in [3.05, 3.63) is 24.3 Å². The predicted molar refractivity (Wildman–Crippen MR) is 78.3 cm³/mol. The molecule has 3 amide bonds. The van der Waals surface area contributed by atoms with Crippen LogP contribution >= 0.6 is 0 Å². The summed E-state index contributed by atoms with van der Waals surface area (Å²) < 4.78 is 5.11. The Morgan fingerprint density at radius 1 is 1.19 bits per heavy atom. The largest absolute Gasteiger partial charge is 0.370 e. The highest BCUT2D eigenvalue weighted by atomic mass is 16.5. The molecule has 0 spiro atoms. The molecule has 0 unspecified atom stereocenters. The molecule has 2 saturated heterocycles. The summed E-state index contributed by atoms with van der Waals surface area (Å²) in [6, 6.07) is 7.23. The molecule has 112 valence electrons. The molecule has 1 aromatic rings. The van der Waals surface area contributed by atoms with Gasteiger partial charge >= 0.3 is 6.03 Å². The van der Waals surface area contributed by atoms with E-state index in [0.29, 0.717) is 26.2 Å². The lowest BCUT2D eigenvalue weighted by molar-refractivity contribution is -0.125. The topological polar surface area (TPSA) is 87.9 Å². The summed E-state index contributed by atoms with van der Waals surface area (Å²) in [5.41, 5.74) is 7.20. The Kier molecular flexibility index (Phi) is 3.76. The first-order valence-electron chi connectivity index (χ1n) is 6.95. The highest BCUT2D eigenvalue weighted by Crippen LogP contribution is 2.23. The molecule has 2 heterocycles. The minimum Gasteiger partial charge on any atom is -0.370 e. The first-order valence-corrected chi connectivity index (χ1v) is 6.95. The zero-order valence-corrected chi connectivity index (χ0v) is 11.6. The van der Waals surface area contributed by atoms with E-state index in [4.69, 9.17) is 10.5 Å². The van der Waals surface area contributed by atoms with E-state index in [1.54, 1.807) is 9.80 Å². The van der Waals surface area contributed by atoms with Gasteiger partial charge in [-0.2, -0.15) is 0 Å². The SMILES string of the molecule is NC[C@H]1CN(c2ccc(N3CCOCC3=O)cc2)C(=O)N1. The van der Waals surface area contributed by atoms with Gasteiger partial charge in [0.25, 0.3) is 5.91 Å². The molecule has 2 fully saturated rings. The second-order valence-electron chi connectivity index (χ2n) is 5.11. The highest BCUT2D eigenvalue weighted by Gasteiger charge is 2.29. The lowest BCUT2D eigenvalue weighted by Gasteiger charge is -2.27. The van der Waals surface area contributed by atoms with Crippen molar-refractivity contribution in [2.24, 2.45) is 5.73 Å². The summed E-state index contributed by atoms with van der Waals surface area (Å²) in [7, 11) is 0. The average molecular weight is 290 g/mol. The lowest BCUT2D eigenvalue weighted by atomic mass is 10.2. The van der Waals surface area contributed by atoms with Crippen molar-refractivity contribution >= 4 is 23.3 Å². The number of benzene rings is 1. The number of anilines is 2. The van der Waals surface area contributed by atoms with Crippen molar-refractivity contribution in [1.29, 1.82) is 0 Å². The van der Waals surface area contributed by atoms with E-state index < -0.39 is 0 Å². The standard InChI is InChI=1S/C14H18N4O3/c15-7-10-8-18(14(20)16-10)12-3-1-11(2-4-12)17-5-6-21-9-13(17)19/h1-4,10H,5-9,15H2,(H,16,20)/t10-/m0/s1. The van der Waals surface area contributed by atoms with Gasteiger partial charge in [-0.1, -0.05) is 0 Å². The van der Waals surface area contributed by atoms with Crippen LogP contribution in [0.4, 0.5) is 16.2 Å². The third kappa shape index (κ3) is 2.70.